The lowest BCUT2D eigenvalue weighted by atomic mass is 9.98. The molecule has 33 heteroatoms. The summed E-state index contributed by atoms with van der Waals surface area (Å²) < 4.78 is 0. The molecule has 630 valence electrons. The van der Waals surface area contributed by atoms with Gasteiger partial charge in [0, 0.05) is 159 Å². The van der Waals surface area contributed by atoms with Crippen molar-refractivity contribution in [3.8, 4) is 0 Å². The molecule has 0 aromatic heterocycles. The van der Waals surface area contributed by atoms with Gasteiger partial charge in [-0.05, 0) is 197 Å². The lowest BCUT2D eigenvalue weighted by Gasteiger charge is -2.33. The Hall–Kier alpha value is -7.04. The molecule has 12 atom stereocenters. The summed E-state index contributed by atoms with van der Waals surface area (Å²) in [5.74, 6) is -0.669. The van der Waals surface area contributed by atoms with E-state index in [9.17, 15) is 57.5 Å². The molecule has 0 aliphatic carbocycles. The number of carbonyl (C=O) groups is 12. The Morgan fingerprint density at radius 2 is 0.550 bits per heavy atom. The van der Waals surface area contributed by atoms with Crippen molar-refractivity contribution in [3.63, 3.8) is 0 Å². The number of hydrogen-bond acceptors (Lipinski definition) is 19. The largest absolute Gasteiger partial charge is 0.352 e. The van der Waals surface area contributed by atoms with Crippen molar-refractivity contribution < 1.29 is 57.5 Å². The number of rotatable bonds is 42. The Kier molecular flexibility index (Phi) is 41.3. The summed E-state index contributed by atoms with van der Waals surface area (Å²) >= 11 is 0. The van der Waals surface area contributed by atoms with E-state index in [1.807, 2.05) is 47.2 Å². The first-order chi connectivity index (χ1) is 53.7. The van der Waals surface area contributed by atoms with Gasteiger partial charge < -0.3 is 104 Å². The van der Waals surface area contributed by atoms with Crippen LogP contribution in [0.3, 0.4) is 0 Å². The van der Waals surface area contributed by atoms with Crippen LogP contribution in [0.2, 0.25) is 0 Å². The standard InChI is InChI=1S/C39H72N12O6.C39H69N9O6/c1-40-16-10-4-7-13-34(52)46-28-19-31-22-43-38(56)50-26-30(48-36(54)15-9-6-12-18-42-3)21-33(50)24-45-39(57)51-27-29(47-35(53)14-8-5-11-17-41-2)20-32(51)23-44-37(55)49(31)25-28;1-40-16-10-4-7-13-35(50)43-28-19-31-22-34(49)33-21-30(45-37(52)15-9-6-12-18-42-3)24-46(33)27-39(54)48-26-29(20-32(48)23-38(53)47(31)25-28)44-36(51)14-8-5-11-17-41-2/h28-33,40-42H,4-27H2,1-3H3,(H,43,56)(H,44,55)(H,45,57)(H,46,52)(H,47,53)(H,48,54);28-33,40-42H,4-27H2,1-3H3,(H,43,50)(H,44,51)(H,45,52)/t;28?,29?,30?,31-,32-,33?/m.0/s1. The van der Waals surface area contributed by atoms with E-state index in [0.717, 1.165) is 155 Å². The van der Waals surface area contributed by atoms with Gasteiger partial charge in [0.25, 0.3) is 0 Å². The lowest BCUT2D eigenvalue weighted by molar-refractivity contribution is -0.139. The zero-order valence-electron chi connectivity index (χ0n) is 68.0. The molecule has 0 saturated carbocycles. The van der Waals surface area contributed by atoms with Gasteiger partial charge in [-0.1, -0.05) is 38.5 Å². The molecule has 8 rings (SSSR count). The maximum atomic E-state index is 14.1. The number of nitrogens with zero attached hydrogens (tertiary/aromatic N) is 6. The van der Waals surface area contributed by atoms with Crippen LogP contribution in [0.15, 0.2) is 0 Å². The molecule has 8 aliphatic heterocycles. The minimum atomic E-state index is -0.572. The summed E-state index contributed by atoms with van der Waals surface area (Å²) in [4.78, 5) is 172. The third-order valence-corrected chi connectivity index (χ3v) is 23.1. The van der Waals surface area contributed by atoms with Crippen molar-refractivity contribution in [2.45, 2.75) is 278 Å². The fourth-order valence-electron chi connectivity index (χ4n) is 17.2. The number of hydrogen-bond donors (Lipinski definition) is 15. The van der Waals surface area contributed by atoms with E-state index < -0.39 is 12.1 Å². The van der Waals surface area contributed by atoms with Gasteiger partial charge in [-0.15, -0.1) is 0 Å². The molecular formula is C78H141N21O12. The second-order valence-corrected chi connectivity index (χ2v) is 32.2. The van der Waals surface area contributed by atoms with E-state index in [4.69, 9.17) is 0 Å². The van der Waals surface area contributed by atoms with Crippen molar-refractivity contribution in [2.75, 3.05) is 147 Å². The summed E-state index contributed by atoms with van der Waals surface area (Å²) in [5.41, 5.74) is 0. The highest BCUT2D eigenvalue weighted by Crippen LogP contribution is 2.32. The van der Waals surface area contributed by atoms with Gasteiger partial charge in [0.2, 0.25) is 47.3 Å². The van der Waals surface area contributed by atoms with Gasteiger partial charge in [-0.3, -0.25) is 48.1 Å². The number of fused-ring (bicyclic) bond motifs is 6. The molecule has 33 nitrogen and oxygen atoms in total. The Morgan fingerprint density at radius 3 is 0.838 bits per heavy atom. The molecule has 8 fully saturated rings. The average molecular weight is 1570 g/mol. The van der Waals surface area contributed by atoms with E-state index in [1.165, 1.54) is 0 Å². The van der Waals surface area contributed by atoms with Gasteiger partial charge in [0.15, 0.2) is 5.78 Å². The third-order valence-electron chi connectivity index (χ3n) is 23.1. The average Bonchev–Trinajstić information content (AvgIpc) is 1.67. The molecule has 8 aliphatic rings. The van der Waals surface area contributed by atoms with Crippen LogP contribution in [0.4, 0.5) is 14.4 Å². The molecule has 0 aromatic rings. The molecule has 8 heterocycles. The van der Waals surface area contributed by atoms with Gasteiger partial charge in [0.1, 0.15) is 0 Å². The summed E-state index contributed by atoms with van der Waals surface area (Å²) in [6.45, 7) is 7.87. The van der Waals surface area contributed by atoms with Crippen molar-refractivity contribution in [1.29, 1.82) is 0 Å². The molecule has 14 amide bonds. The van der Waals surface area contributed by atoms with Crippen LogP contribution >= 0.6 is 0 Å². The van der Waals surface area contributed by atoms with E-state index in [2.05, 4.69) is 79.8 Å². The molecule has 15 N–H and O–H groups in total. The van der Waals surface area contributed by atoms with E-state index in [1.54, 1.807) is 24.5 Å². The third kappa shape index (κ3) is 31.7. The Bertz CT molecular complexity index is 2640. The van der Waals surface area contributed by atoms with Crippen molar-refractivity contribution >= 4 is 71.1 Å². The van der Waals surface area contributed by atoms with Crippen molar-refractivity contribution in [3.05, 3.63) is 0 Å². The molecule has 10 unspecified atom stereocenters. The van der Waals surface area contributed by atoms with Crippen molar-refractivity contribution in [1.82, 2.24) is 109 Å². The predicted molar refractivity (Wildman–Crippen MR) is 426 cm³/mol. The summed E-state index contributed by atoms with van der Waals surface area (Å²) in [7, 11) is 11.5. The highest BCUT2D eigenvalue weighted by Gasteiger charge is 2.48. The fraction of sp³-hybridized carbons (Fsp3) is 0.846. The summed E-state index contributed by atoms with van der Waals surface area (Å²) in [6.07, 6.45) is 21.9. The number of urea groups is 3. The molecular weight excluding hydrogens is 1420 g/mol. The van der Waals surface area contributed by atoms with Gasteiger partial charge >= 0.3 is 18.1 Å². The van der Waals surface area contributed by atoms with Crippen LogP contribution in [0, 0.1) is 0 Å². The molecule has 0 spiro atoms. The van der Waals surface area contributed by atoms with Gasteiger partial charge in [-0.2, -0.15) is 0 Å². The summed E-state index contributed by atoms with van der Waals surface area (Å²) in [5, 5.41) is 46.6. The maximum Gasteiger partial charge on any atom is 0.317 e. The topological polar surface area (TPSA) is 405 Å². The van der Waals surface area contributed by atoms with Crippen molar-refractivity contribution in [2.24, 2.45) is 0 Å². The van der Waals surface area contributed by atoms with Gasteiger partial charge in [0.05, 0.1) is 30.7 Å². The second-order valence-electron chi connectivity index (χ2n) is 32.2. The first-order valence-electron chi connectivity index (χ1n) is 42.4. The molecule has 0 bridgehead atoms. The second kappa shape index (κ2) is 50.2. The minimum absolute atomic E-state index is 0.00496. The number of ketones is 1. The quantitative estimate of drug-likeness (QED) is 0.0371. The predicted octanol–water partition coefficient (Wildman–Crippen LogP) is 0.565. The molecule has 0 radical (unpaired) electrons. The van der Waals surface area contributed by atoms with Crippen LogP contribution in [0.25, 0.3) is 0 Å². The number of nitrogens with one attached hydrogen (secondary N) is 15. The zero-order chi connectivity index (χ0) is 79.9. The zero-order valence-corrected chi connectivity index (χ0v) is 68.0. The Morgan fingerprint density at radius 1 is 0.297 bits per heavy atom. The smallest absolute Gasteiger partial charge is 0.317 e. The van der Waals surface area contributed by atoms with Crippen LogP contribution < -0.4 is 79.8 Å². The number of unbranched alkanes of at least 4 members (excludes halogenated alkanes) is 12. The number of amides is 14. The first-order valence-corrected chi connectivity index (χ1v) is 42.4. The van der Waals surface area contributed by atoms with Crippen LogP contribution in [0.5, 0.6) is 0 Å². The van der Waals surface area contributed by atoms with E-state index >= 15 is 0 Å². The number of carbonyl (C=O) groups excluding carboxylic acids is 12. The van der Waals surface area contributed by atoms with E-state index in [-0.39, 0.29) is 190 Å². The summed E-state index contributed by atoms with van der Waals surface area (Å²) in [6, 6.07) is -5.10. The highest BCUT2D eigenvalue weighted by atomic mass is 16.2. The molecule has 0 aromatic carbocycles. The van der Waals surface area contributed by atoms with Crippen LogP contribution in [-0.4, -0.2) is 320 Å². The van der Waals surface area contributed by atoms with E-state index in [0.29, 0.717) is 96.7 Å². The number of Topliss-reactive ketones (excluding diaryl/α,β-unsaturated/α-hetero) is 1. The van der Waals surface area contributed by atoms with Gasteiger partial charge in [-0.25, -0.2) is 14.4 Å². The normalized spacial score (nSPS) is 25.7. The SMILES string of the molecule is CNCCCCCC(=O)NC1CC2C(=O)C[C@@H]3CC(NC(=O)CCCCCNC)CN3C(=O)C[C@@H]3CC(NC(=O)CCCCCNC)CN3C(=O)CN2C1.CNCCCCCC(=O)NC1CC2CNC(=O)N3CC(NC(=O)CCCCCNC)CC3CNC(=O)N3CC(NC(=O)CCCCCNC)CC3CNC(=O)N2C1. The van der Waals surface area contributed by atoms with Crippen LogP contribution in [0.1, 0.15) is 205 Å². The lowest BCUT2D eigenvalue weighted by Crippen LogP contribution is -2.52. The molecule has 111 heavy (non-hydrogen) atoms. The Balaban J connectivity index is 0.000000309. The first kappa shape index (κ1) is 91.1. The minimum Gasteiger partial charge on any atom is -0.352 e. The Labute approximate surface area is 660 Å². The fourth-order valence-corrected chi connectivity index (χ4v) is 17.2. The monoisotopic (exact) mass is 1560 g/mol. The maximum absolute atomic E-state index is 14.1. The van der Waals surface area contributed by atoms with Crippen LogP contribution in [-0.2, 0) is 43.2 Å². The molecule has 8 saturated heterocycles. The highest BCUT2D eigenvalue weighted by molar-refractivity contribution is 5.89.